The Morgan fingerprint density at radius 2 is 1.86 bits per heavy atom. The molecule has 2 aromatic carbocycles. The molecule has 3 aromatic rings. The van der Waals surface area contributed by atoms with Crippen molar-refractivity contribution >= 4 is 23.4 Å². The Balaban J connectivity index is 1.97. The maximum atomic E-state index is 12.8. The van der Waals surface area contributed by atoms with Gasteiger partial charge in [-0.15, -0.1) is 0 Å². The van der Waals surface area contributed by atoms with Crippen molar-refractivity contribution in [2.24, 2.45) is 0 Å². The molecule has 1 heterocycles. The van der Waals surface area contributed by atoms with Crippen LogP contribution in [-0.2, 0) is 0 Å². The fourth-order valence-electron chi connectivity index (χ4n) is 2.62. The van der Waals surface area contributed by atoms with Crippen LogP contribution in [0.15, 0.2) is 63.2 Å². The standard InChI is InChI=1S/C22H20ClN3O2S/c1-3-4-13-28-18-9-7-17(8-10-18)26-22(27)20(14-24)15(2)21(25-26)29-19-11-5-16(23)6-12-19/h5-12H,3-4,13H2,1-2H3. The van der Waals surface area contributed by atoms with Crippen LogP contribution >= 0.6 is 23.4 Å². The number of benzene rings is 2. The van der Waals surface area contributed by atoms with Crippen LogP contribution in [-0.4, -0.2) is 16.4 Å². The van der Waals surface area contributed by atoms with Gasteiger partial charge in [0.05, 0.1) is 12.3 Å². The van der Waals surface area contributed by atoms with Gasteiger partial charge in [0.15, 0.2) is 0 Å². The van der Waals surface area contributed by atoms with Crippen LogP contribution < -0.4 is 10.3 Å². The van der Waals surface area contributed by atoms with Crippen LogP contribution in [0.25, 0.3) is 5.69 Å². The third-order valence-corrected chi connectivity index (χ3v) is 5.62. The summed E-state index contributed by atoms with van der Waals surface area (Å²) in [6, 6.07) is 16.5. The van der Waals surface area contributed by atoms with Crippen LogP contribution in [0.3, 0.4) is 0 Å². The van der Waals surface area contributed by atoms with Gasteiger partial charge in [-0.1, -0.05) is 36.7 Å². The second-order valence-electron chi connectivity index (χ2n) is 6.39. The predicted molar refractivity (Wildman–Crippen MR) is 115 cm³/mol. The summed E-state index contributed by atoms with van der Waals surface area (Å²) in [4.78, 5) is 13.7. The van der Waals surface area contributed by atoms with Gasteiger partial charge in [-0.25, -0.2) is 0 Å². The second kappa shape index (κ2) is 9.64. The van der Waals surface area contributed by atoms with Gasteiger partial charge in [0, 0.05) is 15.5 Å². The first-order valence-electron chi connectivity index (χ1n) is 9.24. The molecule has 0 N–H and O–H groups in total. The Morgan fingerprint density at radius 3 is 2.48 bits per heavy atom. The van der Waals surface area contributed by atoms with Crippen molar-refractivity contribution in [3.05, 3.63) is 75.0 Å². The van der Waals surface area contributed by atoms with Gasteiger partial charge in [0.25, 0.3) is 5.56 Å². The summed E-state index contributed by atoms with van der Waals surface area (Å²) in [5.74, 6) is 0.735. The number of rotatable bonds is 7. The van der Waals surface area contributed by atoms with Crippen LogP contribution in [0.2, 0.25) is 5.02 Å². The van der Waals surface area contributed by atoms with E-state index < -0.39 is 5.56 Å². The van der Waals surface area contributed by atoms with Gasteiger partial charge in [-0.3, -0.25) is 4.79 Å². The zero-order chi connectivity index (χ0) is 20.8. The Kier molecular flexibility index (Phi) is 6.97. The summed E-state index contributed by atoms with van der Waals surface area (Å²) in [6.07, 6.45) is 2.04. The molecule has 29 heavy (non-hydrogen) atoms. The average Bonchev–Trinajstić information content (AvgIpc) is 2.73. The smallest absolute Gasteiger partial charge is 0.289 e. The van der Waals surface area contributed by atoms with Crippen molar-refractivity contribution in [1.82, 2.24) is 9.78 Å². The largest absolute Gasteiger partial charge is 0.494 e. The lowest BCUT2D eigenvalue weighted by molar-refractivity contribution is 0.309. The van der Waals surface area contributed by atoms with Crippen molar-refractivity contribution in [3.8, 4) is 17.5 Å². The van der Waals surface area contributed by atoms with E-state index in [9.17, 15) is 10.1 Å². The van der Waals surface area contributed by atoms with Gasteiger partial charge in [0.1, 0.15) is 22.4 Å². The summed E-state index contributed by atoms with van der Waals surface area (Å²) < 4.78 is 6.93. The van der Waals surface area contributed by atoms with Gasteiger partial charge in [-0.2, -0.15) is 15.0 Å². The third kappa shape index (κ3) is 5.00. The van der Waals surface area contributed by atoms with Crippen LogP contribution in [0.4, 0.5) is 0 Å². The van der Waals surface area contributed by atoms with Crippen molar-refractivity contribution in [1.29, 1.82) is 5.26 Å². The maximum absolute atomic E-state index is 12.8. The molecule has 0 saturated carbocycles. The molecule has 0 saturated heterocycles. The highest BCUT2D eigenvalue weighted by Crippen LogP contribution is 2.30. The minimum absolute atomic E-state index is 0.0831. The molecule has 0 atom stereocenters. The summed E-state index contributed by atoms with van der Waals surface area (Å²) >= 11 is 7.33. The topological polar surface area (TPSA) is 67.9 Å². The van der Waals surface area contributed by atoms with Gasteiger partial charge in [-0.05, 0) is 61.9 Å². The van der Waals surface area contributed by atoms with Crippen LogP contribution in [0.5, 0.6) is 5.75 Å². The molecule has 0 aliphatic rings. The summed E-state index contributed by atoms with van der Waals surface area (Å²) in [5.41, 5.74) is 0.783. The summed E-state index contributed by atoms with van der Waals surface area (Å²) in [6.45, 7) is 4.49. The molecule has 148 valence electrons. The monoisotopic (exact) mass is 425 g/mol. The molecule has 0 unspecified atom stereocenters. The number of ether oxygens (including phenoxy) is 1. The SMILES string of the molecule is CCCCOc1ccc(-n2nc(Sc3ccc(Cl)cc3)c(C)c(C#N)c2=O)cc1. The highest BCUT2D eigenvalue weighted by atomic mass is 35.5. The fraction of sp³-hybridized carbons (Fsp3) is 0.227. The predicted octanol–water partition coefficient (Wildman–Crippen LogP) is 5.40. The first-order chi connectivity index (χ1) is 14.0. The van der Waals surface area contributed by atoms with E-state index in [0.717, 1.165) is 23.5 Å². The maximum Gasteiger partial charge on any atom is 0.289 e. The number of unbranched alkanes of at least 4 members (excludes halogenated alkanes) is 1. The molecule has 0 amide bonds. The van der Waals surface area contributed by atoms with E-state index in [2.05, 4.69) is 12.0 Å². The Morgan fingerprint density at radius 1 is 1.17 bits per heavy atom. The summed E-state index contributed by atoms with van der Waals surface area (Å²) in [5, 5.41) is 15.3. The van der Waals surface area contributed by atoms with Crippen molar-refractivity contribution in [3.63, 3.8) is 0 Å². The van der Waals surface area contributed by atoms with E-state index >= 15 is 0 Å². The number of nitrogens with zero attached hydrogens (tertiary/aromatic N) is 3. The Hall–Kier alpha value is -2.75. The van der Waals surface area contributed by atoms with Crippen molar-refractivity contribution < 1.29 is 4.74 Å². The van der Waals surface area contributed by atoms with E-state index in [4.69, 9.17) is 16.3 Å². The highest BCUT2D eigenvalue weighted by Gasteiger charge is 2.16. The zero-order valence-electron chi connectivity index (χ0n) is 16.2. The molecule has 0 bridgehead atoms. The summed E-state index contributed by atoms with van der Waals surface area (Å²) in [7, 11) is 0. The lowest BCUT2D eigenvalue weighted by Crippen LogP contribution is -2.25. The number of hydrogen-bond acceptors (Lipinski definition) is 5. The minimum atomic E-state index is -0.440. The van der Waals surface area contributed by atoms with Crippen LogP contribution in [0.1, 0.15) is 30.9 Å². The third-order valence-electron chi connectivity index (χ3n) is 4.28. The molecule has 0 spiro atoms. The second-order valence-corrected chi connectivity index (χ2v) is 7.88. The van der Waals surface area contributed by atoms with Crippen LogP contribution in [0, 0.1) is 18.3 Å². The Labute approximate surface area is 178 Å². The minimum Gasteiger partial charge on any atom is -0.494 e. The quantitative estimate of drug-likeness (QED) is 0.474. The van der Waals surface area contributed by atoms with Crippen molar-refractivity contribution in [2.75, 3.05) is 6.61 Å². The normalized spacial score (nSPS) is 10.6. The van der Waals surface area contributed by atoms with E-state index in [1.807, 2.05) is 18.2 Å². The molecule has 7 heteroatoms. The van der Waals surface area contributed by atoms with E-state index in [1.54, 1.807) is 43.3 Å². The molecule has 1 aromatic heterocycles. The lowest BCUT2D eigenvalue weighted by atomic mass is 10.2. The number of aromatic nitrogens is 2. The van der Waals surface area contributed by atoms with E-state index in [1.165, 1.54) is 16.4 Å². The van der Waals surface area contributed by atoms with E-state index in [0.29, 0.717) is 27.9 Å². The first kappa shape index (κ1) is 21.0. The molecule has 0 aliphatic carbocycles. The number of nitriles is 1. The number of hydrogen-bond donors (Lipinski definition) is 0. The number of halogens is 1. The van der Waals surface area contributed by atoms with Crippen molar-refractivity contribution in [2.45, 2.75) is 36.6 Å². The first-order valence-corrected chi connectivity index (χ1v) is 10.4. The highest BCUT2D eigenvalue weighted by molar-refractivity contribution is 7.99. The van der Waals surface area contributed by atoms with Gasteiger partial charge >= 0.3 is 0 Å². The Bertz CT molecular complexity index is 1090. The molecule has 0 fully saturated rings. The fourth-order valence-corrected chi connectivity index (χ4v) is 3.62. The zero-order valence-corrected chi connectivity index (χ0v) is 17.8. The molecule has 5 nitrogen and oxygen atoms in total. The van der Waals surface area contributed by atoms with Gasteiger partial charge in [0.2, 0.25) is 0 Å². The lowest BCUT2D eigenvalue weighted by Gasteiger charge is -2.12. The molecular weight excluding hydrogens is 406 g/mol. The average molecular weight is 426 g/mol. The molecule has 0 radical (unpaired) electrons. The van der Waals surface area contributed by atoms with Gasteiger partial charge < -0.3 is 4.74 Å². The molecular formula is C22H20ClN3O2S. The van der Waals surface area contributed by atoms with E-state index in [-0.39, 0.29) is 5.56 Å². The molecule has 3 rings (SSSR count). The molecule has 0 aliphatic heterocycles.